The quantitative estimate of drug-likeness (QED) is 0.835. The highest BCUT2D eigenvalue weighted by Gasteiger charge is 2.23. The van der Waals surface area contributed by atoms with Crippen molar-refractivity contribution in [2.45, 2.75) is 26.7 Å². The molecule has 0 bridgehead atoms. The molecule has 27 heavy (non-hydrogen) atoms. The minimum absolute atomic E-state index is 0.0706. The molecule has 7 nitrogen and oxygen atoms in total. The van der Waals surface area contributed by atoms with Gasteiger partial charge in [-0.05, 0) is 49.9 Å². The number of aryl methyl sites for hydroxylation is 1. The number of likely N-dealkylation sites (tertiary alicyclic amines) is 1. The first-order valence-electron chi connectivity index (χ1n) is 9.06. The molecule has 1 saturated heterocycles. The van der Waals surface area contributed by atoms with Crippen LogP contribution >= 0.6 is 0 Å². The Morgan fingerprint density at radius 2 is 1.93 bits per heavy atom. The van der Waals surface area contributed by atoms with Crippen LogP contribution in [0.25, 0.3) is 0 Å². The van der Waals surface area contributed by atoms with Gasteiger partial charge in [0.05, 0.1) is 12.7 Å². The van der Waals surface area contributed by atoms with Crippen molar-refractivity contribution in [1.29, 1.82) is 0 Å². The second-order valence-electron chi connectivity index (χ2n) is 6.89. The van der Waals surface area contributed by atoms with E-state index in [1.807, 2.05) is 11.8 Å². The van der Waals surface area contributed by atoms with Gasteiger partial charge in [-0.1, -0.05) is 13.0 Å². The minimum Gasteiger partial charge on any atom is -0.465 e. The lowest BCUT2D eigenvalue weighted by Crippen LogP contribution is -2.38. The first-order valence-corrected chi connectivity index (χ1v) is 9.06. The summed E-state index contributed by atoms with van der Waals surface area (Å²) in [5.74, 6) is 0.490. The smallest absolute Gasteiger partial charge is 0.337 e. The maximum atomic E-state index is 12.8. The summed E-state index contributed by atoms with van der Waals surface area (Å²) in [6.45, 7) is 5.55. The Morgan fingerprint density at radius 1 is 1.19 bits per heavy atom. The summed E-state index contributed by atoms with van der Waals surface area (Å²) in [5.41, 5.74) is 2.15. The number of rotatable bonds is 4. The number of aromatic nitrogens is 2. The van der Waals surface area contributed by atoms with Gasteiger partial charge in [-0.2, -0.15) is 0 Å². The van der Waals surface area contributed by atoms with Crippen molar-refractivity contribution >= 4 is 23.5 Å². The van der Waals surface area contributed by atoms with Crippen molar-refractivity contribution in [3.8, 4) is 0 Å². The summed E-state index contributed by atoms with van der Waals surface area (Å²) in [5, 5.41) is 3.07. The molecule has 1 aromatic heterocycles. The number of piperidine rings is 1. The summed E-state index contributed by atoms with van der Waals surface area (Å²) in [7, 11) is 1.34. The molecule has 0 atom stereocenters. The molecule has 0 saturated carbocycles. The van der Waals surface area contributed by atoms with Crippen LogP contribution in [0.1, 0.15) is 46.3 Å². The van der Waals surface area contributed by atoms with Crippen LogP contribution in [0.15, 0.2) is 30.3 Å². The highest BCUT2D eigenvalue weighted by atomic mass is 16.5. The number of esters is 1. The fraction of sp³-hybridized carbons (Fsp3) is 0.400. The number of anilines is 2. The van der Waals surface area contributed by atoms with E-state index in [-0.39, 0.29) is 5.91 Å². The number of hydrogen-bond acceptors (Lipinski definition) is 6. The summed E-state index contributed by atoms with van der Waals surface area (Å²) < 4.78 is 4.74. The van der Waals surface area contributed by atoms with Crippen molar-refractivity contribution in [3.63, 3.8) is 0 Å². The molecule has 7 heteroatoms. The number of methoxy groups -OCH3 is 1. The monoisotopic (exact) mass is 368 g/mol. The Labute approximate surface area is 158 Å². The van der Waals surface area contributed by atoms with Crippen molar-refractivity contribution in [2.24, 2.45) is 5.92 Å². The van der Waals surface area contributed by atoms with E-state index in [0.717, 1.165) is 25.9 Å². The second kappa shape index (κ2) is 8.16. The molecule has 3 rings (SSSR count). The van der Waals surface area contributed by atoms with E-state index in [1.165, 1.54) is 7.11 Å². The zero-order valence-electron chi connectivity index (χ0n) is 15.9. The highest BCUT2D eigenvalue weighted by Crippen LogP contribution is 2.20. The lowest BCUT2D eigenvalue weighted by atomic mass is 9.99. The summed E-state index contributed by atoms with van der Waals surface area (Å²) in [6, 6.07) is 8.57. The first-order chi connectivity index (χ1) is 13.0. The standard InChI is InChI=1S/C20H24N4O3/c1-13-7-9-24(10-8-13)18(25)17-11-14(2)21-20(23-17)22-16-6-4-5-15(12-16)19(26)27-3/h4-6,11-13H,7-10H2,1-3H3,(H,21,22,23). The summed E-state index contributed by atoms with van der Waals surface area (Å²) >= 11 is 0. The van der Waals surface area contributed by atoms with E-state index in [1.54, 1.807) is 30.3 Å². The predicted molar refractivity (Wildman–Crippen MR) is 102 cm³/mol. The third-order valence-electron chi connectivity index (χ3n) is 4.68. The van der Waals surface area contributed by atoms with Gasteiger partial charge < -0.3 is 15.0 Å². The number of nitrogens with zero attached hydrogens (tertiary/aromatic N) is 3. The third kappa shape index (κ3) is 4.61. The SMILES string of the molecule is COC(=O)c1cccc(Nc2nc(C)cc(C(=O)N3CCC(C)CC3)n2)c1. The van der Waals surface area contributed by atoms with Crippen LogP contribution in [0.5, 0.6) is 0 Å². The second-order valence-corrected chi connectivity index (χ2v) is 6.89. The first kappa shape index (κ1) is 18.8. The van der Waals surface area contributed by atoms with Crippen LogP contribution < -0.4 is 5.32 Å². The van der Waals surface area contributed by atoms with Crippen LogP contribution in [0.2, 0.25) is 0 Å². The van der Waals surface area contributed by atoms with Crippen molar-refractivity contribution in [3.05, 3.63) is 47.3 Å². The maximum Gasteiger partial charge on any atom is 0.337 e. The predicted octanol–water partition coefficient (Wildman–Crippen LogP) is 3.19. The fourth-order valence-electron chi connectivity index (χ4n) is 3.08. The Hall–Kier alpha value is -2.96. The van der Waals surface area contributed by atoms with E-state index < -0.39 is 5.97 Å². The lowest BCUT2D eigenvalue weighted by Gasteiger charge is -2.30. The molecule has 0 unspecified atom stereocenters. The average molecular weight is 368 g/mol. The zero-order chi connectivity index (χ0) is 19.4. The van der Waals surface area contributed by atoms with Gasteiger partial charge in [-0.25, -0.2) is 14.8 Å². The van der Waals surface area contributed by atoms with E-state index >= 15 is 0 Å². The van der Waals surface area contributed by atoms with Crippen molar-refractivity contribution in [1.82, 2.24) is 14.9 Å². The zero-order valence-corrected chi connectivity index (χ0v) is 15.9. The minimum atomic E-state index is -0.418. The van der Waals surface area contributed by atoms with Gasteiger partial charge in [-0.15, -0.1) is 0 Å². The van der Waals surface area contributed by atoms with Crippen LogP contribution in [0.4, 0.5) is 11.6 Å². The van der Waals surface area contributed by atoms with Crippen molar-refractivity contribution < 1.29 is 14.3 Å². The molecule has 1 aliphatic rings. The Kier molecular flexibility index (Phi) is 5.69. The van der Waals surface area contributed by atoms with Gasteiger partial charge in [0.25, 0.3) is 5.91 Å². The normalized spacial score (nSPS) is 14.7. The van der Waals surface area contributed by atoms with Crippen molar-refractivity contribution in [2.75, 3.05) is 25.5 Å². The van der Waals surface area contributed by atoms with Gasteiger partial charge in [0.1, 0.15) is 5.69 Å². The molecule has 2 aromatic rings. The molecule has 0 aliphatic carbocycles. The van der Waals surface area contributed by atoms with Gasteiger partial charge >= 0.3 is 5.97 Å². The van der Waals surface area contributed by atoms with Crippen LogP contribution in [0.3, 0.4) is 0 Å². The Morgan fingerprint density at radius 3 is 2.63 bits per heavy atom. The molecule has 0 spiro atoms. The van der Waals surface area contributed by atoms with E-state index in [0.29, 0.717) is 34.5 Å². The molecular weight excluding hydrogens is 344 g/mol. The molecule has 2 heterocycles. The van der Waals surface area contributed by atoms with Crippen LogP contribution in [-0.2, 0) is 4.74 Å². The van der Waals surface area contributed by atoms with Crippen LogP contribution in [-0.4, -0.2) is 46.9 Å². The Bertz CT molecular complexity index is 845. The number of hydrogen-bond donors (Lipinski definition) is 1. The van der Waals surface area contributed by atoms with E-state index in [2.05, 4.69) is 22.2 Å². The summed E-state index contributed by atoms with van der Waals surface area (Å²) in [6.07, 6.45) is 2.03. The molecule has 142 valence electrons. The lowest BCUT2D eigenvalue weighted by molar-refractivity contribution is 0.0600. The molecule has 1 fully saturated rings. The van der Waals surface area contributed by atoms with E-state index in [9.17, 15) is 9.59 Å². The number of nitrogens with one attached hydrogen (secondary N) is 1. The fourth-order valence-corrected chi connectivity index (χ4v) is 3.08. The highest BCUT2D eigenvalue weighted by molar-refractivity contribution is 5.93. The van der Waals surface area contributed by atoms with Crippen LogP contribution in [0, 0.1) is 12.8 Å². The number of amides is 1. The van der Waals surface area contributed by atoms with Gasteiger partial charge in [-0.3, -0.25) is 4.79 Å². The molecule has 1 aliphatic heterocycles. The Balaban J connectivity index is 1.79. The number of benzene rings is 1. The molecule has 0 radical (unpaired) electrons. The number of ether oxygens (including phenoxy) is 1. The largest absolute Gasteiger partial charge is 0.465 e. The average Bonchev–Trinajstić information content (AvgIpc) is 2.67. The van der Waals surface area contributed by atoms with E-state index in [4.69, 9.17) is 4.74 Å². The molecule has 1 N–H and O–H groups in total. The molecule has 1 amide bonds. The molecular formula is C20H24N4O3. The topological polar surface area (TPSA) is 84.4 Å². The van der Waals surface area contributed by atoms with Gasteiger partial charge in [0.15, 0.2) is 0 Å². The maximum absolute atomic E-state index is 12.8. The molecule has 1 aromatic carbocycles. The third-order valence-corrected chi connectivity index (χ3v) is 4.68. The number of carbonyl (C=O) groups is 2. The number of carbonyl (C=O) groups excluding carboxylic acids is 2. The van der Waals surface area contributed by atoms with Gasteiger partial charge in [0.2, 0.25) is 5.95 Å². The van der Waals surface area contributed by atoms with Gasteiger partial charge in [0, 0.05) is 24.5 Å². The summed E-state index contributed by atoms with van der Waals surface area (Å²) in [4.78, 5) is 35.1.